The van der Waals surface area contributed by atoms with Crippen LogP contribution in [0.15, 0.2) is 48.5 Å². The Balaban J connectivity index is 1.75. The van der Waals surface area contributed by atoms with Crippen molar-refractivity contribution in [2.24, 2.45) is 0 Å². The summed E-state index contributed by atoms with van der Waals surface area (Å²) in [4.78, 5) is 1.45. The second-order valence-electron chi connectivity index (χ2n) is 10.5. The van der Waals surface area contributed by atoms with Gasteiger partial charge in [-0.15, -0.1) is 0 Å². The molecule has 0 saturated carbocycles. The monoisotopic (exact) mass is 609 g/mol. The van der Waals surface area contributed by atoms with E-state index in [4.69, 9.17) is 4.74 Å². The van der Waals surface area contributed by atoms with Crippen molar-refractivity contribution in [3.8, 4) is 16.9 Å². The van der Waals surface area contributed by atoms with Gasteiger partial charge in [-0.25, -0.2) is 4.39 Å². The first-order chi connectivity index (χ1) is 19.3. The van der Waals surface area contributed by atoms with Crippen molar-refractivity contribution in [3.05, 3.63) is 87.7 Å². The highest BCUT2D eigenvalue weighted by Crippen LogP contribution is 2.43. The number of hydrogen-bond acceptors (Lipinski definition) is 3. The number of aromatic hydroxyl groups is 1. The zero-order valence-electron chi connectivity index (χ0n) is 22.3. The van der Waals surface area contributed by atoms with Crippen LogP contribution in [-0.4, -0.2) is 22.8 Å². The third kappa shape index (κ3) is 6.51. The van der Waals surface area contributed by atoms with Crippen molar-refractivity contribution >= 4 is 0 Å². The molecule has 42 heavy (non-hydrogen) atoms. The number of benzene rings is 3. The largest absolute Gasteiger partial charge is 0.507 e. The van der Waals surface area contributed by atoms with Gasteiger partial charge in [-0.2, -0.15) is 39.5 Å². The lowest BCUT2D eigenvalue weighted by Gasteiger charge is -2.25. The summed E-state index contributed by atoms with van der Waals surface area (Å²) in [5, 5.41) is 10.5. The Morgan fingerprint density at radius 2 is 1.38 bits per heavy atom. The van der Waals surface area contributed by atoms with E-state index in [-0.39, 0.29) is 47.5 Å². The molecule has 4 rings (SSSR count). The average Bonchev–Trinajstić information content (AvgIpc) is 3.22. The van der Waals surface area contributed by atoms with Gasteiger partial charge in [0.05, 0.1) is 22.8 Å². The third-order valence-corrected chi connectivity index (χ3v) is 7.21. The second-order valence-corrected chi connectivity index (χ2v) is 10.5. The molecular formula is C29H25F10NO2. The van der Waals surface area contributed by atoms with Crippen LogP contribution in [0.3, 0.4) is 0 Å². The maximum absolute atomic E-state index is 14.4. The summed E-state index contributed by atoms with van der Waals surface area (Å²) in [6.45, 7) is 4.23. The van der Waals surface area contributed by atoms with Crippen LogP contribution < -0.4 is 0 Å². The Morgan fingerprint density at radius 3 is 1.90 bits per heavy atom. The van der Waals surface area contributed by atoms with Crippen molar-refractivity contribution < 1.29 is 53.7 Å². The van der Waals surface area contributed by atoms with E-state index in [2.05, 4.69) is 0 Å². The number of ether oxygens (including phenoxy) is 1. The fourth-order valence-corrected chi connectivity index (χ4v) is 4.95. The fraction of sp³-hybridized carbons (Fsp3) is 0.379. The fourth-order valence-electron chi connectivity index (χ4n) is 4.95. The summed E-state index contributed by atoms with van der Waals surface area (Å²) < 4.78 is 141. The van der Waals surface area contributed by atoms with Gasteiger partial charge in [0.1, 0.15) is 18.3 Å². The topological polar surface area (TPSA) is 32.7 Å². The maximum Gasteiger partial charge on any atom is 0.416 e. The van der Waals surface area contributed by atoms with Crippen LogP contribution in [-0.2, 0) is 29.8 Å². The minimum absolute atomic E-state index is 0.00359. The Bertz CT molecular complexity index is 1430. The van der Waals surface area contributed by atoms with Gasteiger partial charge in [0.2, 0.25) is 0 Å². The van der Waals surface area contributed by atoms with Gasteiger partial charge in [0.25, 0.3) is 0 Å². The van der Waals surface area contributed by atoms with E-state index in [9.17, 15) is 49.0 Å². The molecule has 1 saturated heterocycles. The zero-order chi connectivity index (χ0) is 31.4. The van der Waals surface area contributed by atoms with Crippen molar-refractivity contribution in [2.45, 2.75) is 63.9 Å². The summed E-state index contributed by atoms with van der Waals surface area (Å²) in [6.07, 6.45) is -16.2. The number of alkyl halides is 9. The highest BCUT2D eigenvalue weighted by molar-refractivity contribution is 5.74. The van der Waals surface area contributed by atoms with Gasteiger partial charge in [0, 0.05) is 24.2 Å². The van der Waals surface area contributed by atoms with Crippen LogP contribution in [0.2, 0.25) is 0 Å². The summed E-state index contributed by atoms with van der Waals surface area (Å²) in [6, 6.07) is 5.17. The third-order valence-electron chi connectivity index (χ3n) is 7.21. The van der Waals surface area contributed by atoms with Gasteiger partial charge in [-0.3, -0.25) is 4.90 Å². The van der Waals surface area contributed by atoms with E-state index < -0.39 is 64.5 Å². The standard InChI is InChI=1S/C29H25F10NO2/c1-14(2)22-10-23(25(41)11-24(22)30)21-5-4-18(27(31,32)33)8-17(21)12-40-13-42-26(15(40)3)16-6-19(28(34,35)36)9-20(7-16)29(37,38)39/h4-11,14-15,26,41H,12-13H2,1-3H3/t15-,26-/m0/s1. The molecule has 1 N–H and O–H groups in total. The minimum atomic E-state index is -5.07. The van der Waals surface area contributed by atoms with Crippen LogP contribution in [0.1, 0.15) is 66.2 Å². The van der Waals surface area contributed by atoms with Crippen molar-refractivity contribution in [3.63, 3.8) is 0 Å². The summed E-state index contributed by atoms with van der Waals surface area (Å²) >= 11 is 0. The molecule has 1 aliphatic heterocycles. The number of hydrogen-bond donors (Lipinski definition) is 1. The van der Waals surface area contributed by atoms with Crippen molar-refractivity contribution in [2.75, 3.05) is 6.73 Å². The minimum Gasteiger partial charge on any atom is -0.507 e. The Labute approximate surface area is 234 Å². The van der Waals surface area contributed by atoms with Gasteiger partial charge < -0.3 is 9.84 Å². The van der Waals surface area contributed by atoms with E-state index in [1.54, 1.807) is 13.8 Å². The quantitative estimate of drug-likeness (QED) is 0.293. The first-order valence-corrected chi connectivity index (χ1v) is 12.6. The molecule has 228 valence electrons. The number of phenols is 1. The highest BCUT2D eigenvalue weighted by atomic mass is 19.4. The lowest BCUT2D eigenvalue weighted by atomic mass is 9.92. The average molecular weight is 610 g/mol. The van der Waals surface area contributed by atoms with Gasteiger partial charge in [-0.05, 0) is 71.5 Å². The molecule has 3 aromatic rings. The maximum atomic E-state index is 14.4. The van der Waals surface area contributed by atoms with Crippen LogP contribution in [0, 0.1) is 5.82 Å². The molecule has 0 aromatic heterocycles. The normalized spacial score (nSPS) is 18.7. The molecule has 0 unspecified atom stereocenters. The molecule has 2 atom stereocenters. The van der Waals surface area contributed by atoms with E-state index in [1.807, 2.05) is 0 Å². The molecule has 1 fully saturated rings. The number of nitrogens with zero attached hydrogens (tertiary/aromatic N) is 1. The molecule has 0 amide bonds. The van der Waals surface area contributed by atoms with Crippen LogP contribution in [0.25, 0.3) is 11.1 Å². The number of phenolic OH excluding ortho intramolecular Hbond substituents is 1. The first-order valence-electron chi connectivity index (χ1n) is 12.6. The molecule has 13 heteroatoms. The SMILES string of the molecule is CC(C)c1cc(-c2ccc(C(F)(F)F)cc2CN2CO[C@H](c3cc(C(F)(F)F)cc(C(F)(F)F)c3)[C@@H]2C)c(O)cc1F. The van der Waals surface area contributed by atoms with E-state index >= 15 is 0 Å². The van der Waals surface area contributed by atoms with Crippen LogP contribution >= 0.6 is 0 Å². The Kier molecular flexibility index (Phi) is 8.33. The smallest absolute Gasteiger partial charge is 0.416 e. The van der Waals surface area contributed by atoms with Crippen LogP contribution in [0.4, 0.5) is 43.9 Å². The lowest BCUT2D eigenvalue weighted by molar-refractivity contribution is -0.143. The molecule has 0 bridgehead atoms. The van der Waals surface area contributed by atoms with Gasteiger partial charge >= 0.3 is 18.5 Å². The van der Waals surface area contributed by atoms with E-state index in [0.717, 1.165) is 24.3 Å². The Hall–Kier alpha value is -3.32. The summed E-state index contributed by atoms with van der Waals surface area (Å²) in [5.41, 5.74) is -4.03. The molecule has 0 aliphatic carbocycles. The predicted molar refractivity (Wildman–Crippen MR) is 133 cm³/mol. The van der Waals surface area contributed by atoms with E-state index in [0.29, 0.717) is 12.1 Å². The molecule has 1 heterocycles. The number of halogens is 10. The number of rotatable bonds is 5. The molecule has 0 radical (unpaired) electrons. The Morgan fingerprint density at radius 1 is 0.810 bits per heavy atom. The summed E-state index contributed by atoms with van der Waals surface area (Å²) in [7, 11) is 0. The molecule has 1 aliphatic rings. The lowest BCUT2D eigenvalue weighted by Crippen LogP contribution is -2.29. The highest BCUT2D eigenvalue weighted by Gasteiger charge is 2.40. The second kappa shape index (κ2) is 11.1. The predicted octanol–water partition coefficient (Wildman–Crippen LogP) is 9.30. The summed E-state index contributed by atoms with van der Waals surface area (Å²) in [5.74, 6) is -1.56. The zero-order valence-corrected chi connectivity index (χ0v) is 22.3. The van der Waals surface area contributed by atoms with Crippen molar-refractivity contribution in [1.82, 2.24) is 4.90 Å². The molecule has 3 aromatic carbocycles. The van der Waals surface area contributed by atoms with Crippen LogP contribution in [0.5, 0.6) is 5.75 Å². The van der Waals surface area contributed by atoms with Gasteiger partial charge in [0.15, 0.2) is 0 Å². The first kappa shape index (κ1) is 31.6. The molecular weight excluding hydrogens is 584 g/mol. The van der Waals surface area contributed by atoms with Crippen molar-refractivity contribution in [1.29, 1.82) is 0 Å². The van der Waals surface area contributed by atoms with E-state index in [1.165, 1.54) is 17.9 Å². The molecule has 0 spiro atoms. The molecule has 3 nitrogen and oxygen atoms in total. The van der Waals surface area contributed by atoms with Gasteiger partial charge in [-0.1, -0.05) is 19.9 Å².